The third kappa shape index (κ3) is 4.00. The van der Waals surface area contributed by atoms with Crippen molar-refractivity contribution in [1.82, 2.24) is 5.32 Å². The number of amides is 1. The van der Waals surface area contributed by atoms with Crippen molar-refractivity contribution in [3.05, 3.63) is 0 Å². The first-order chi connectivity index (χ1) is 8.06. The van der Waals surface area contributed by atoms with Gasteiger partial charge in [0.2, 0.25) is 5.91 Å². The first-order valence-corrected chi connectivity index (χ1v) is 6.17. The molecule has 1 saturated carbocycles. The first-order valence-electron chi connectivity index (χ1n) is 6.17. The summed E-state index contributed by atoms with van der Waals surface area (Å²) in [4.78, 5) is 22.9. The highest BCUT2D eigenvalue weighted by atomic mass is 16.4. The van der Waals surface area contributed by atoms with Crippen LogP contribution in [0.2, 0.25) is 0 Å². The molecule has 0 aliphatic heterocycles. The van der Waals surface area contributed by atoms with Crippen molar-refractivity contribution in [2.45, 2.75) is 32.6 Å². The number of hydrogen-bond donors (Lipinski definition) is 3. The molecule has 0 radical (unpaired) electrons. The molecule has 1 fully saturated rings. The fraction of sp³-hybridized carbons (Fsp3) is 0.833. The summed E-state index contributed by atoms with van der Waals surface area (Å²) < 4.78 is 0. The molecule has 3 atom stereocenters. The highest BCUT2D eigenvalue weighted by Crippen LogP contribution is 2.30. The molecular formula is C12H21NO4. The molecule has 5 heteroatoms. The van der Waals surface area contributed by atoms with Crippen LogP contribution in [0.3, 0.4) is 0 Å². The van der Waals surface area contributed by atoms with Crippen molar-refractivity contribution < 1.29 is 19.8 Å². The van der Waals surface area contributed by atoms with E-state index >= 15 is 0 Å². The van der Waals surface area contributed by atoms with Crippen LogP contribution in [0, 0.1) is 17.8 Å². The zero-order valence-electron chi connectivity index (χ0n) is 10.2. The second-order valence-electron chi connectivity index (χ2n) is 4.87. The number of carboxylic acids is 1. The van der Waals surface area contributed by atoms with Gasteiger partial charge in [-0.3, -0.25) is 9.59 Å². The Morgan fingerprint density at radius 2 is 1.88 bits per heavy atom. The average molecular weight is 243 g/mol. The highest BCUT2D eigenvalue weighted by molar-refractivity contribution is 5.84. The van der Waals surface area contributed by atoms with E-state index in [1.54, 1.807) is 0 Å². The lowest BCUT2D eigenvalue weighted by atomic mass is 9.78. The summed E-state index contributed by atoms with van der Waals surface area (Å²) in [7, 11) is 0. The third-order valence-corrected chi connectivity index (χ3v) is 3.36. The van der Waals surface area contributed by atoms with Gasteiger partial charge in [0.25, 0.3) is 0 Å². The number of aliphatic carboxylic acids is 1. The van der Waals surface area contributed by atoms with Gasteiger partial charge in [0.1, 0.15) is 0 Å². The van der Waals surface area contributed by atoms with E-state index < -0.39 is 17.8 Å². The van der Waals surface area contributed by atoms with E-state index in [-0.39, 0.29) is 18.4 Å². The molecule has 0 aromatic heterocycles. The minimum atomic E-state index is -0.875. The molecule has 3 unspecified atom stereocenters. The second-order valence-corrected chi connectivity index (χ2v) is 4.87. The zero-order chi connectivity index (χ0) is 12.8. The number of carbonyl (C=O) groups excluding carboxylic acids is 1. The van der Waals surface area contributed by atoms with Gasteiger partial charge in [0.15, 0.2) is 0 Å². The SMILES string of the molecule is CC(CO)CNC(=O)C1CCCCC1C(=O)O. The summed E-state index contributed by atoms with van der Waals surface area (Å²) in [6.45, 7) is 2.25. The molecule has 0 aromatic rings. The molecule has 0 spiro atoms. The molecular weight excluding hydrogens is 222 g/mol. The fourth-order valence-electron chi connectivity index (χ4n) is 2.21. The molecule has 3 N–H and O–H groups in total. The first kappa shape index (κ1) is 14.0. The second kappa shape index (κ2) is 6.59. The van der Waals surface area contributed by atoms with Crippen LogP contribution in [0.1, 0.15) is 32.6 Å². The Hall–Kier alpha value is -1.10. The summed E-state index contributed by atoms with van der Waals surface area (Å²) in [5.41, 5.74) is 0. The van der Waals surface area contributed by atoms with E-state index in [9.17, 15) is 9.59 Å². The van der Waals surface area contributed by atoms with Gasteiger partial charge in [-0.25, -0.2) is 0 Å². The monoisotopic (exact) mass is 243 g/mol. The molecule has 0 saturated heterocycles. The topological polar surface area (TPSA) is 86.6 Å². The van der Waals surface area contributed by atoms with Crippen molar-refractivity contribution in [2.24, 2.45) is 17.8 Å². The standard InChI is InChI=1S/C12H21NO4/c1-8(7-14)6-13-11(15)9-4-2-3-5-10(9)12(16)17/h8-10,14H,2-7H2,1H3,(H,13,15)(H,16,17). The van der Waals surface area contributed by atoms with Crippen molar-refractivity contribution in [3.8, 4) is 0 Å². The van der Waals surface area contributed by atoms with Crippen LogP contribution in [0.4, 0.5) is 0 Å². The molecule has 0 aromatic carbocycles. The summed E-state index contributed by atoms with van der Waals surface area (Å²) in [6.07, 6.45) is 3.03. The molecule has 98 valence electrons. The minimum Gasteiger partial charge on any atom is -0.481 e. The van der Waals surface area contributed by atoms with Gasteiger partial charge in [0.05, 0.1) is 11.8 Å². The van der Waals surface area contributed by atoms with Crippen LogP contribution in [0.25, 0.3) is 0 Å². The average Bonchev–Trinajstić information content (AvgIpc) is 2.35. The van der Waals surface area contributed by atoms with Crippen molar-refractivity contribution >= 4 is 11.9 Å². The van der Waals surface area contributed by atoms with E-state index in [1.165, 1.54) is 0 Å². The molecule has 0 bridgehead atoms. The van der Waals surface area contributed by atoms with E-state index in [4.69, 9.17) is 10.2 Å². The van der Waals surface area contributed by atoms with Crippen molar-refractivity contribution in [2.75, 3.05) is 13.2 Å². The Bertz CT molecular complexity index is 280. The molecule has 5 nitrogen and oxygen atoms in total. The van der Waals surface area contributed by atoms with Gasteiger partial charge in [-0.15, -0.1) is 0 Å². The number of carboxylic acid groups (broad SMARTS) is 1. The molecule has 1 rings (SSSR count). The van der Waals surface area contributed by atoms with Crippen LogP contribution in [-0.4, -0.2) is 35.2 Å². The van der Waals surface area contributed by atoms with E-state index in [2.05, 4.69) is 5.32 Å². The van der Waals surface area contributed by atoms with Crippen LogP contribution >= 0.6 is 0 Å². The van der Waals surface area contributed by atoms with Gasteiger partial charge in [0, 0.05) is 13.2 Å². The Kier molecular flexibility index (Phi) is 5.41. The van der Waals surface area contributed by atoms with E-state index in [0.717, 1.165) is 12.8 Å². The van der Waals surface area contributed by atoms with Gasteiger partial charge in [-0.05, 0) is 18.8 Å². The largest absolute Gasteiger partial charge is 0.481 e. The highest BCUT2D eigenvalue weighted by Gasteiger charge is 2.35. The van der Waals surface area contributed by atoms with Crippen LogP contribution < -0.4 is 5.32 Å². The predicted molar refractivity (Wildman–Crippen MR) is 62.3 cm³/mol. The molecule has 1 amide bonds. The summed E-state index contributed by atoms with van der Waals surface area (Å²) in [6, 6.07) is 0. The van der Waals surface area contributed by atoms with E-state index in [1.807, 2.05) is 6.92 Å². The van der Waals surface area contributed by atoms with Gasteiger partial charge < -0.3 is 15.5 Å². The third-order valence-electron chi connectivity index (χ3n) is 3.36. The van der Waals surface area contributed by atoms with Crippen molar-refractivity contribution in [1.29, 1.82) is 0 Å². The molecule has 1 aliphatic carbocycles. The number of rotatable bonds is 5. The smallest absolute Gasteiger partial charge is 0.307 e. The predicted octanol–water partition coefficient (Wildman–Crippen LogP) is 0.622. The Morgan fingerprint density at radius 3 is 2.41 bits per heavy atom. The van der Waals surface area contributed by atoms with Gasteiger partial charge >= 0.3 is 5.97 Å². The van der Waals surface area contributed by atoms with E-state index in [0.29, 0.717) is 19.4 Å². The molecule has 17 heavy (non-hydrogen) atoms. The lowest BCUT2D eigenvalue weighted by Crippen LogP contribution is -2.41. The van der Waals surface area contributed by atoms with Crippen LogP contribution in [0.15, 0.2) is 0 Å². The molecule has 0 heterocycles. The lowest BCUT2D eigenvalue weighted by Gasteiger charge is -2.27. The number of aliphatic hydroxyl groups is 1. The maximum absolute atomic E-state index is 11.9. The minimum absolute atomic E-state index is 0.00539. The Balaban J connectivity index is 2.50. The normalized spacial score (nSPS) is 26.2. The molecule has 1 aliphatic rings. The van der Waals surface area contributed by atoms with Gasteiger partial charge in [-0.1, -0.05) is 19.8 Å². The maximum atomic E-state index is 11.9. The summed E-state index contributed by atoms with van der Waals surface area (Å²) in [5, 5.41) is 20.6. The van der Waals surface area contributed by atoms with Gasteiger partial charge in [-0.2, -0.15) is 0 Å². The van der Waals surface area contributed by atoms with Crippen molar-refractivity contribution in [3.63, 3.8) is 0 Å². The zero-order valence-corrected chi connectivity index (χ0v) is 10.2. The lowest BCUT2D eigenvalue weighted by molar-refractivity contribution is -0.148. The van der Waals surface area contributed by atoms with Crippen LogP contribution in [0.5, 0.6) is 0 Å². The maximum Gasteiger partial charge on any atom is 0.307 e. The quantitative estimate of drug-likeness (QED) is 0.660. The summed E-state index contributed by atoms with van der Waals surface area (Å²) >= 11 is 0. The van der Waals surface area contributed by atoms with Crippen LogP contribution in [-0.2, 0) is 9.59 Å². The number of aliphatic hydroxyl groups excluding tert-OH is 1. The Morgan fingerprint density at radius 1 is 1.29 bits per heavy atom. The fourth-order valence-corrected chi connectivity index (χ4v) is 2.21. The summed E-state index contributed by atoms with van der Waals surface area (Å²) in [5.74, 6) is -2.01. The number of nitrogens with one attached hydrogen (secondary N) is 1. The Labute approximate surface area is 101 Å². The number of carbonyl (C=O) groups is 2. The number of hydrogen-bond acceptors (Lipinski definition) is 3.